The van der Waals surface area contributed by atoms with Crippen LogP contribution in [-0.4, -0.2) is 40.8 Å². The number of carboxylic acid groups (broad SMARTS) is 1. The van der Waals surface area contributed by atoms with Crippen LogP contribution in [0.25, 0.3) is 0 Å². The number of carboxylic acids is 1. The molecule has 1 rings (SSSR count). The number of nitrogens with zero attached hydrogens (tertiary/aromatic N) is 2. The zero-order valence-electron chi connectivity index (χ0n) is 11.5. The first-order valence-electron chi connectivity index (χ1n) is 6.32. The number of carbonyl (C=O) groups excluding carboxylic acids is 1. The summed E-state index contributed by atoms with van der Waals surface area (Å²) in [5.74, 6) is -1.85. The smallest absolute Gasteiger partial charge is 0.410 e. The van der Waals surface area contributed by atoms with Crippen molar-refractivity contribution in [3.05, 3.63) is 0 Å². The quantitative estimate of drug-likeness (QED) is 0.825. The molecule has 1 fully saturated rings. The summed E-state index contributed by atoms with van der Waals surface area (Å²) >= 11 is 0. The maximum atomic E-state index is 11.9. The molecule has 2 unspecified atom stereocenters. The van der Waals surface area contributed by atoms with Crippen LogP contribution in [0.4, 0.5) is 4.79 Å². The van der Waals surface area contributed by atoms with Crippen molar-refractivity contribution in [2.24, 2.45) is 11.8 Å². The van der Waals surface area contributed by atoms with E-state index in [0.717, 1.165) is 0 Å². The molecule has 1 heterocycles. The number of rotatable bonds is 2. The molecule has 0 saturated carbocycles. The standard InChI is InChI=1S/C13H20N2O4/c1-13(2,3)19-12(18)15-7-5-9(4-6-14)10(8-15)11(16)17/h9-10H,4-5,7-8H2,1-3H3,(H,16,17). The summed E-state index contributed by atoms with van der Waals surface area (Å²) in [6.07, 6.45) is 0.234. The van der Waals surface area contributed by atoms with Gasteiger partial charge in [-0.3, -0.25) is 4.79 Å². The number of amides is 1. The molecule has 1 aliphatic heterocycles. The minimum atomic E-state index is -0.964. The van der Waals surface area contributed by atoms with Crippen LogP contribution in [0.5, 0.6) is 0 Å². The summed E-state index contributed by atoms with van der Waals surface area (Å²) in [6.45, 7) is 5.84. The number of hydrogen-bond acceptors (Lipinski definition) is 4. The van der Waals surface area contributed by atoms with Crippen molar-refractivity contribution in [3.8, 4) is 6.07 Å². The number of nitriles is 1. The van der Waals surface area contributed by atoms with Gasteiger partial charge in [-0.05, 0) is 33.1 Å². The summed E-state index contributed by atoms with van der Waals surface area (Å²) in [7, 11) is 0. The SMILES string of the molecule is CC(C)(C)OC(=O)N1CCC(CC#N)C(C(=O)O)C1. The second-order valence-corrected chi connectivity index (χ2v) is 5.78. The largest absolute Gasteiger partial charge is 0.481 e. The third-order valence-corrected chi connectivity index (χ3v) is 3.08. The predicted octanol–water partition coefficient (Wildman–Crippen LogP) is 1.86. The van der Waals surface area contributed by atoms with Gasteiger partial charge in [-0.2, -0.15) is 5.26 Å². The fourth-order valence-corrected chi connectivity index (χ4v) is 2.13. The topological polar surface area (TPSA) is 90.6 Å². The van der Waals surface area contributed by atoms with Gasteiger partial charge in [-0.15, -0.1) is 0 Å². The van der Waals surface area contributed by atoms with E-state index in [1.165, 1.54) is 4.90 Å². The Morgan fingerprint density at radius 1 is 1.47 bits per heavy atom. The van der Waals surface area contributed by atoms with Crippen LogP contribution >= 0.6 is 0 Å². The van der Waals surface area contributed by atoms with Crippen molar-refractivity contribution in [1.82, 2.24) is 4.90 Å². The average Bonchev–Trinajstić information content (AvgIpc) is 2.27. The molecule has 0 bridgehead atoms. The number of likely N-dealkylation sites (tertiary alicyclic amines) is 1. The number of ether oxygens (including phenoxy) is 1. The van der Waals surface area contributed by atoms with E-state index in [1.54, 1.807) is 20.8 Å². The minimum absolute atomic E-state index is 0.108. The highest BCUT2D eigenvalue weighted by molar-refractivity contribution is 5.73. The van der Waals surface area contributed by atoms with E-state index < -0.39 is 23.6 Å². The molecule has 0 aliphatic carbocycles. The molecule has 1 aliphatic rings. The lowest BCUT2D eigenvalue weighted by Crippen LogP contribution is -2.48. The molecular formula is C13H20N2O4. The molecule has 2 atom stereocenters. The first kappa shape index (κ1) is 15.3. The maximum Gasteiger partial charge on any atom is 0.410 e. The molecule has 1 saturated heterocycles. The van der Waals surface area contributed by atoms with Crippen molar-refractivity contribution in [2.75, 3.05) is 13.1 Å². The van der Waals surface area contributed by atoms with Crippen molar-refractivity contribution in [2.45, 2.75) is 39.2 Å². The number of piperidine rings is 1. The van der Waals surface area contributed by atoms with E-state index in [1.807, 2.05) is 6.07 Å². The summed E-state index contributed by atoms with van der Waals surface area (Å²) in [5.41, 5.74) is -0.598. The summed E-state index contributed by atoms with van der Waals surface area (Å²) in [6, 6.07) is 2.01. The van der Waals surface area contributed by atoms with Gasteiger partial charge in [0.05, 0.1) is 12.0 Å². The third-order valence-electron chi connectivity index (χ3n) is 3.08. The molecule has 0 aromatic carbocycles. The van der Waals surface area contributed by atoms with Crippen molar-refractivity contribution in [1.29, 1.82) is 5.26 Å². The van der Waals surface area contributed by atoms with Crippen LogP contribution < -0.4 is 0 Å². The maximum absolute atomic E-state index is 11.9. The normalized spacial score (nSPS) is 23.6. The lowest BCUT2D eigenvalue weighted by Gasteiger charge is -2.36. The van der Waals surface area contributed by atoms with E-state index in [9.17, 15) is 14.7 Å². The fraction of sp³-hybridized carbons (Fsp3) is 0.769. The van der Waals surface area contributed by atoms with Crippen molar-refractivity contribution >= 4 is 12.1 Å². The van der Waals surface area contributed by atoms with Gasteiger partial charge in [0.2, 0.25) is 0 Å². The Morgan fingerprint density at radius 3 is 2.58 bits per heavy atom. The Bertz CT molecular complexity index is 394. The molecule has 106 valence electrons. The molecule has 6 heteroatoms. The van der Waals surface area contributed by atoms with Crippen molar-refractivity contribution in [3.63, 3.8) is 0 Å². The fourth-order valence-electron chi connectivity index (χ4n) is 2.13. The highest BCUT2D eigenvalue weighted by Gasteiger charge is 2.37. The van der Waals surface area contributed by atoms with Crippen LogP contribution in [0.2, 0.25) is 0 Å². The first-order valence-corrected chi connectivity index (χ1v) is 6.32. The molecule has 19 heavy (non-hydrogen) atoms. The number of aliphatic carboxylic acids is 1. The van der Waals surface area contributed by atoms with Gasteiger partial charge in [0.25, 0.3) is 0 Å². The molecule has 6 nitrogen and oxygen atoms in total. The van der Waals surface area contributed by atoms with Crippen LogP contribution in [0, 0.1) is 23.2 Å². The third kappa shape index (κ3) is 4.43. The lowest BCUT2D eigenvalue weighted by atomic mass is 9.84. The number of hydrogen-bond donors (Lipinski definition) is 1. The van der Waals surface area contributed by atoms with Crippen LogP contribution in [0.3, 0.4) is 0 Å². The van der Waals surface area contributed by atoms with Crippen LogP contribution in [-0.2, 0) is 9.53 Å². The Kier molecular flexibility index (Phi) is 4.76. The van der Waals surface area contributed by atoms with E-state index in [4.69, 9.17) is 10.00 Å². The highest BCUT2D eigenvalue weighted by Crippen LogP contribution is 2.27. The summed E-state index contributed by atoms with van der Waals surface area (Å²) in [4.78, 5) is 24.5. The van der Waals surface area contributed by atoms with Gasteiger partial charge in [0, 0.05) is 19.5 Å². The van der Waals surface area contributed by atoms with E-state index in [-0.39, 0.29) is 18.9 Å². The van der Waals surface area contributed by atoms with Gasteiger partial charge < -0.3 is 14.7 Å². The van der Waals surface area contributed by atoms with Gasteiger partial charge >= 0.3 is 12.1 Å². The lowest BCUT2D eigenvalue weighted by molar-refractivity contribution is -0.145. The molecule has 0 aromatic rings. The highest BCUT2D eigenvalue weighted by atomic mass is 16.6. The van der Waals surface area contributed by atoms with Gasteiger partial charge in [-0.1, -0.05) is 0 Å². The van der Waals surface area contributed by atoms with Gasteiger partial charge in [0.15, 0.2) is 0 Å². The van der Waals surface area contributed by atoms with Gasteiger partial charge in [-0.25, -0.2) is 4.79 Å². The Hall–Kier alpha value is -1.77. The Morgan fingerprint density at radius 2 is 2.11 bits per heavy atom. The van der Waals surface area contributed by atoms with Crippen LogP contribution in [0.15, 0.2) is 0 Å². The molecule has 0 spiro atoms. The Balaban J connectivity index is 2.69. The van der Waals surface area contributed by atoms with E-state index >= 15 is 0 Å². The minimum Gasteiger partial charge on any atom is -0.481 e. The molecule has 0 radical (unpaired) electrons. The first-order chi connectivity index (χ1) is 8.74. The second kappa shape index (κ2) is 5.91. The second-order valence-electron chi connectivity index (χ2n) is 5.78. The zero-order chi connectivity index (χ0) is 14.6. The zero-order valence-corrected chi connectivity index (χ0v) is 11.5. The van der Waals surface area contributed by atoms with Crippen LogP contribution in [0.1, 0.15) is 33.6 Å². The van der Waals surface area contributed by atoms with Crippen molar-refractivity contribution < 1.29 is 19.4 Å². The van der Waals surface area contributed by atoms with E-state index in [0.29, 0.717) is 13.0 Å². The molecular weight excluding hydrogens is 248 g/mol. The molecule has 1 N–H and O–H groups in total. The van der Waals surface area contributed by atoms with E-state index in [2.05, 4.69) is 0 Å². The predicted molar refractivity (Wildman–Crippen MR) is 67.3 cm³/mol. The molecule has 0 aromatic heterocycles. The summed E-state index contributed by atoms with van der Waals surface area (Å²) < 4.78 is 5.23. The van der Waals surface area contributed by atoms with Gasteiger partial charge in [0.1, 0.15) is 5.60 Å². The summed E-state index contributed by atoms with van der Waals surface area (Å²) in [5, 5.41) is 17.9. The Labute approximate surface area is 112 Å². The molecule has 1 amide bonds. The number of carbonyl (C=O) groups is 2. The average molecular weight is 268 g/mol. The monoisotopic (exact) mass is 268 g/mol.